The molecular formula is C29H26Cl2IN5O3. The van der Waals surface area contributed by atoms with Gasteiger partial charge in [-0.05, 0) is 70.0 Å². The van der Waals surface area contributed by atoms with Crippen LogP contribution in [0.25, 0.3) is 5.57 Å². The quantitative estimate of drug-likeness (QED) is 0.209. The Morgan fingerprint density at radius 3 is 2.50 bits per heavy atom. The minimum Gasteiger partial charge on any atom is -0.498 e. The first-order chi connectivity index (χ1) is 19.1. The third kappa shape index (κ3) is 5.01. The second-order valence-corrected chi connectivity index (χ2v) is 12.4. The van der Waals surface area contributed by atoms with Crippen LogP contribution >= 0.6 is 45.8 Å². The highest BCUT2D eigenvalue weighted by Crippen LogP contribution is 2.52. The number of fused-ring (bicyclic) bond motifs is 1. The zero-order chi connectivity index (χ0) is 28.8. The van der Waals surface area contributed by atoms with E-state index in [4.69, 9.17) is 27.9 Å². The first-order valence-corrected chi connectivity index (χ1v) is 14.6. The molecule has 1 amide bonds. The minimum absolute atomic E-state index is 0.0508. The van der Waals surface area contributed by atoms with Gasteiger partial charge in [0.25, 0.3) is 5.91 Å². The highest BCUT2D eigenvalue weighted by Gasteiger charge is 2.59. The Morgan fingerprint density at radius 2 is 1.90 bits per heavy atom. The van der Waals surface area contributed by atoms with Crippen molar-refractivity contribution in [3.8, 4) is 6.07 Å². The van der Waals surface area contributed by atoms with Crippen LogP contribution in [0.15, 0.2) is 48.2 Å². The topological polar surface area (TPSA) is 101 Å². The maximum absolute atomic E-state index is 14.1. The van der Waals surface area contributed by atoms with Crippen LogP contribution in [0, 0.1) is 20.9 Å². The molecule has 1 fully saturated rings. The zero-order valence-electron chi connectivity index (χ0n) is 22.1. The fraction of sp³-hybridized carbons (Fsp3) is 0.345. The Morgan fingerprint density at radius 1 is 1.23 bits per heavy atom. The summed E-state index contributed by atoms with van der Waals surface area (Å²) in [6.07, 6.45) is 1.32. The summed E-state index contributed by atoms with van der Waals surface area (Å²) in [6, 6.07) is 14.3. The lowest BCUT2D eigenvalue weighted by Crippen LogP contribution is -2.45. The number of carbonyl (C=O) groups excluding carboxylic acids is 2. The molecule has 0 aliphatic carbocycles. The molecule has 0 N–H and O–H groups in total. The molecular weight excluding hydrogens is 664 g/mol. The predicted octanol–water partition coefficient (Wildman–Crippen LogP) is 6.12. The lowest BCUT2D eigenvalue weighted by Gasteiger charge is -2.34. The number of hydrogen-bond acceptors (Lipinski definition) is 6. The summed E-state index contributed by atoms with van der Waals surface area (Å²) in [5, 5.41) is 18.7. The second-order valence-electron chi connectivity index (χ2n) is 10.6. The van der Waals surface area contributed by atoms with E-state index >= 15 is 0 Å². The van der Waals surface area contributed by atoms with Gasteiger partial charge in [0, 0.05) is 35.9 Å². The number of carbonyl (C=O) groups is 2. The van der Waals surface area contributed by atoms with Crippen molar-refractivity contribution in [1.82, 2.24) is 19.9 Å². The molecule has 3 heterocycles. The molecule has 0 saturated carbocycles. The van der Waals surface area contributed by atoms with Crippen LogP contribution in [-0.4, -0.2) is 50.8 Å². The van der Waals surface area contributed by atoms with E-state index in [1.165, 1.54) is 0 Å². The van der Waals surface area contributed by atoms with Gasteiger partial charge in [-0.2, -0.15) is 5.26 Å². The van der Waals surface area contributed by atoms with Crippen molar-refractivity contribution in [3.05, 3.63) is 84.4 Å². The number of halogens is 3. The lowest BCUT2D eigenvalue weighted by atomic mass is 9.85. The van der Waals surface area contributed by atoms with Crippen molar-refractivity contribution in [1.29, 1.82) is 5.26 Å². The summed E-state index contributed by atoms with van der Waals surface area (Å²) < 4.78 is 8.45. The first-order valence-electron chi connectivity index (χ1n) is 12.8. The number of ether oxygens (including phenoxy) is 1. The molecule has 40 heavy (non-hydrogen) atoms. The van der Waals surface area contributed by atoms with Crippen molar-refractivity contribution < 1.29 is 14.3 Å². The standard InChI is InChI=1S/C29H26Cl2IN5O3/c1-16(2)8-23(38)25-27(32)37(35-34-25)22-13-29(12-17-4-6-18(14-33)7-5-17)26(40-3)24(28(39)36(29)15-22)19-9-20(30)11-21(31)10-19/h4-7,9-11,16,22H,8,12-13,15H2,1-3H3/t22-,29?/m0/s1. The third-order valence-electron chi connectivity index (χ3n) is 7.37. The molecule has 0 radical (unpaired) electrons. The van der Waals surface area contributed by atoms with Gasteiger partial charge in [-0.1, -0.05) is 54.4 Å². The van der Waals surface area contributed by atoms with Gasteiger partial charge in [-0.15, -0.1) is 5.10 Å². The summed E-state index contributed by atoms with van der Waals surface area (Å²) in [7, 11) is 1.56. The molecule has 5 rings (SSSR count). The number of nitriles is 1. The molecule has 2 aromatic carbocycles. The summed E-state index contributed by atoms with van der Waals surface area (Å²) in [5.74, 6) is 0.475. The molecule has 206 valence electrons. The van der Waals surface area contributed by atoms with Crippen LogP contribution < -0.4 is 0 Å². The molecule has 8 nitrogen and oxygen atoms in total. The highest BCUT2D eigenvalue weighted by molar-refractivity contribution is 14.1. The van der Waals surface area contributed by atoms with E-state index in [9.17, 15) is 14.9 Å². The largest absolute Gasteiger partial charge is 0.498 e. The maximum atomic E-state index is 14.1. The summed E-state index contributed by atoms with van der Waals surface area (Å²) in [4.78, 5) is 28.8. The molecule has 2 atom stereocenters. The first kappa shape index (κ1) is 28.6. The average Bonchev–Trinajstić information content (AvgIpc) is 3.52. The number of amides is 1. The van der Waals surface area contributed by atoms with Gasteiger partial charge in [0.05, 0.1) is 30.4 Å². The summed E-state index contributed by atoms with van der Waals surface area (Å²) in [5.41, 5.74) is 2.01. The van der Waals surface area contributed by atoms with Gasteiger partial charge >= 0.3 is 0 Å². The van der Waals surface area contributed by atoms with Crippen LogP contribution in [-0.2, 0) is 16.0 Å². The third-order valence-corrected chi connectivity index (χ3v) is 8.81. The number of benzene rings is 2. The monoisotopic (exact) mass is 689 g/mol. The Labute approximate surface area is 256 Å². The Kier molecular flexibility index (Phi) is 7.97. The van der Waals surface area contributed by atoms with Crippen molar-refractivity contribution in [2.24, 2.45) is 5.92 Å². The SMILES string of the molecule is COC1=C(c2cc(Cl)cc(Cl)c2)C(=O)N2C[C@@H](n3nnc(C(=O)CC(C)C)c3I)CC12Cc1ccc(C#N)cc1. The van der Waals surface area contributed by atoms with E-state index in [1.807, 2.05) is 30.9 Å². The second kappa shape index (κ2) is 11.1. The molecule has 2 aliphatic rings. The van der Waals surface area contributed by atoms with E-state index in [0.29, 0.717) is 67.7 Å². The van der Waals surface area contributed by atoms with Crippen molar-refractivity contribution in [3.63, 3.8) is 0 Å². The molecule has 1 aromatic heterocycles. The molecule has 0 spiro atoms. The average molecular weight is 690 g/mol. The number of ketones is 1. The van der Waals surface area contributed by atoms with E-state index in [1.54, 1.807) is 42.1 Å². The van der Waals surface area contributed by atoms with Gasteiger partial charge < -0.3 is 9.64 Å². The fourth-order valence-electron chi connectivity index (χ4n) is 5.75. The molecule has 1 unspecified atom stereocenters. The maximum Gasteiger partial charge on any atom is 0.258 e. The van der Waals surface area contributed by atoms with Gasteiger partial charge in [-0.3, -0.25) is 9.59 Å². The molecule has 11 heteroatoms. The number of nitrogens with zero attached hydrogens (tertiary/aromatic N) is 5. The van der Waals surface area contributed by atoms with Gasteiger partial charge in [-0.25, -0.2) is 4.68 Å². The number of Topliss-reactive ketones (excluding diaryl/α,β-unsaturated/α-hetero) is 1. The van der Waals surface area contributed by atoms with E-state index in [0.717, 1.165) is 5.56 Å². The molecule has 0 bridgehead atoms. The Hall–Kier alpha value is -2.94. The fourth-order valence-corrected chi connectivity index (χ4v) is 7.18. The van der Waals surface area contributed by atoms with Crippen LogP contribution in [0.2, 0.25) is 10.0 Å². The van der Waals surface area contributed by atoms with Gasteiger partial charge in [0.15, 0.2) is 11.5 Å². The summed E-state index contributed by atoms with van der Waals surface area (Å²) in [6.45, 7) is 4.32. The Balaban J connectivity index is 1.61. The normalized spacial score (nSPS) is 20.3. The van der Waals surface area contributed by atoms with Crippen molar-refractivity contribution in [2.45, 2.75) is 44.7 Å². The zero-order valence-corrected chi connectivity index (χ0v) is 25.8. The lowest BCUT2D eigenvalue weighted by molar-refractivity contribution is -0.126. The van der Waals surface area contributed by atoms with E-state index < -0.39 is 5.54 Å². The molecule has 1 saturated heterocycles. The van der Waals surface area contributed by atoms with Crippen LogP contribution in [0.1, 0.15) is 59.9 Å². The van der Waals surface area contributed by atoms with Gasteiger partial charge in [0.1, 0.15) is 15.0 Å². The molecule has 2 aliphatic heterocycles. The number of aromatic nitrogens is 3. The van der Waals surface area contributed by atoms with E-state index in [-0.39, 0.29) is 23.7 Å². The van der Waals surface area contributed by atoms with Crippen molar-refractivity contribution >= 4 is 63.1 Å². The number of methoxy groups -OCH3 is 1. The number of hydrogen-bond donors (Lipinski definition) is 0. The summed E-state index contributed by atoms with van der Waals surface area (Å²) >= 11 is 14.7. The minimum atomic E-state index is -0.841. The van der Waals surface area contributed by atoms with Crippen LogP contribution in [0.3, 0.4) is 0 Å². The Bertz CT molecular complexity index is 1560. The van der Waals surface area contributed by atoms with Gasteiger partial charge in [0.2, 0.25) is 0 Å². The van der Waals surface area contributed by atoms with Crippen LogP contribution in [0.5, 0.6) is 0 Å². The van der Waals surface area contributed by atoms with Crippen LogP contribution in [0.4, 0.5) is 0 Å². The smallest absolute Gasteiger partial charge is 0.258 e. The molecule has 3 aromatic rings. The number of rotatable bonds is 8. The van der Waals surface area contributed by atoms with Crippen molar-refractivity contribution in [2.75, 3.05) is 13.7 Å². The highest BCUT2D eigenvalue weighted by atomic mass is 127. The van der Waals surface area contributed by atoms with E-state index in [2.05, 4.69) is 39.0 Å². The predicted molar refractivity (Wildman–Crippen MR) is 160 cm³/mol.